The van der Waals surface area contributed by atoms with Gasteiger partial charge in [0.15, 0.2) is 0 Å². The topological polar surface area (TPSA) is 12.4 Å². The van der Waals surface area contributed by atoms with E-state index in [2.05, 4.69) is 18.5 Å². The summed E-state index contributed by atoms with van der Waals surface area (Å²) in [7, 11) is 0. The van der Waals surface area contributed by atoms with Gasteiger partial charge in [0.25, 0.3) is 0 Å². The molecule has 84 valence electrons. The summed E-state index contributed by atoms with van der Waals surface area (Å²) in [5, 5.41) is 0. The molecule has 0 N–H and O–H groups in total. The van der Waals surface area contributed by atoms with Crippen molar-refractivity contribution in [2.45, 2.75) is 20.3 Å². The van der Waals surface area contributed by atoms with Gasteiger partial charge in [-0.25, -0.2) is 4.39 Å². The molecule has 0 saturated heterocycles. The average molecular weight is 217 g/mol. The van der Waals surface area contributed by atoms with Crippen LogP contribution in [0, 0.1) is 5.82 Å². The van der Waals surface area contributed by atoms with Crippen molar-refractivity contribution in [3.05, 3.63) is 54.0 Å². The lowest BCUT2D eigenvalue weighted by Gasteiger charge is -2.06. The second kappa shape index (κ2) is 6.01. The van der Waals surface area contributed by atoms with E-state index < -0.39 is 0 Å². The monoisotopic (exact) mass is 217 g/mol. The second-order valence-corrected chi connectivity index (χ2v) is 3.47. The third-order valence-electron chi connectivity index (χ3n) is 2.48. The molecular formula is C14H16FN. The Kier molecular flexibility index (Phi) is 4.65. The van der Waals surface area contributed by atoms with Crippen molar-refractivity contribution < 1.29 is 4.39 Å². The molecule has 1 aromatic carbocycles. The van der Waals surface area contributed by atoms with E-state index in [0.29, 0.717) is 0 Å². The number of benzene rings is 1. The lowest BCUT2D eigenvalue weighted by molar-refractivity contribution is 0.627. The van der Waals surface area contributed by atoms with E-state index in [1.54, 1.807) is 18.3 Å². The highest BCUT2D eigenvalue weighted by Gasteiger charge is 2.01. The largest absolute Gasteiger partial charge is 0.265 e. The van der Waals surface area contributed by atoms with E-state index in [1.165, 1.54) is 18.3 Å². The molecule has 0 saturated carbocycles. The van der Waals surface area contributed by atoms with Gasteiger partial charge in [-0.1, -0.05) is 25.6 Å². The molecule has 1 rings (SSSR count). The summed E-state index contributed by atoms with van der Waals surface area (Å²) in [6.07, 6.45) is 4.19. The molecule has 1 aromatic rings. The van der Waals surface area contributed by atoms with Crippen LogP contribution in [0.1, 0.15) is 25.8 Å². The van der Waals surface area contributed by atoms with Crippen LogP contribution < -0.4 is 0 Å². The first kappa shape index (κ1) is 12.4. The standard InChI is InChI=1S/C14H16FN/c1-4-12(10-16-5-2)11(3)13-6-8-14(15)9-7-13/h5-10H,2,4H2,1,3H3/b12-11+,16-10?. The zero-order valence-electron chi connectivity index (χ0n) is 9.70. The highest BCUT2D eigenvalue weighted by atomic mass is 19.1. The first-order chi connectivity index (χ1) is 7.69. The highest BCUT2D eigenvalue weighted by molar-refractivity contribution is 5.90. The zero-order valence-corrected chi connectivity index (χ0v) is 9.70. The van der Waals surface area contributed by atoms with Gasteiger partial charge in [0.1, 0.15) is 5.82 Å². The molecule has 0 fully saturated rings. The molecule has 2 heteroatoms. The summed E-state index contributed by atoms with van der Waals surface area (Å²) < 4.78 is 12.8. The molecule has 0 amide bonds. The maximum atomic E-state index is 12.8. The summed E-state index contributed by atoms with van der Waals surface area (Å²) in [4.78, 5) is 4.01. The summed E-state index contributed by atoms with van der Waals surface area (Å²) in [5.74, 6) is -0.214. The Morgan fingerprint density at radius 2 is 2.00 bits per heavy atom. The molecule has 1 nitrogen and oxygen atoms in total. The van der Waals surface area contributed by atoms with E-state index in [9.17, 15) is 4.39 Å². The van der Waals surface area contributed by atoms with Crippen molar-refractivity contribution in [1.82, 2.24) is 0 Å². The fourth-order valence-corrected chi connectivity index (χ4v) is 1.48. The Hall–Kier alpha value is -1.70. The third kappa shape index (κ3) is 3.16. The van der Waals surface area contributed by atoms with Gasteiger partial charge in [-0.05, 0) is 42.2 Å². The molecule has 0 aliphatic heterocycles. The van der Waals surface area contributed by atoms with Crippen LogP contribution in [0.25, 0.3) is 5.57 Å². The van der Waals surface area contributed by atoms with Gasteiger partial charge in [-0.2, -0.15) is 0 Å². The van der Waals surface area contributed by atoms with Gasteiger partial charge < -0.3 is 0 Å². The number of hydrogen-bond acceptors (Lipinski definition) is 1. The molecule has 0 bridgehead atoms. The molecule has 0 spiro atoms. The molecule has 16 heavy (non-hydrogen) atoms. The normalized spacial score (nSPS) is 12.7. The van der Waals surface area contributed by atoms with Crippen LogP contribution in [0.2, 0.25) is 0 Å². The Morgan fingerprint density at radius 1 is 1.38 bits per heavy atom. The molecular weight excluding hydrogens is 201 g/mol. The molecule has 0 aliphatic carbocycles. The predicted octanol–water partition coefficient (Wildman–Crippen LogP) is 4.22. The lowest BCUT2D eigenvalue weighted by Crippen LogP contribution is -1.90. The van der Waals surface area contributed by atoms with Crippen LogP contribution in [0.4, 0.5) is 4.39 Å². The Balaban J connectivity index is 3.08. The third-order valence-corrected chi connectivity index (χ3v) is 2.48. The van der Waals surface area contributed by atoms with Gasteiger partial charge in [0.2, 0.25) is 0 Å². The molecule has 0 aromatic heterocycles. The van der Waals surface area contributed by atoms with E-state index >= 15 is 0 Å². The van der Waals surface area contributed by atoms with Gasteiger partial charge in [0, 0.05) is 12.4 Å². The molecule has 0 heterocycles. The van der Waals surface area contributed by atoms with Crippen molar-refractivity contribution in [2.75, 3.05) is 0 Å². The van der Waals surface area contributed by atoms with Crippen LogP contribution in [-0.2, 0) is 0 Å². The maximum Gasteiger partial charge on any atom is 0.123 e. The summed E-state index contributed by atoms with van der Waals surface area (Å²) in [6, 6.07) is 6.50. The van der Waals surface area contributed by atoms with Crippen LogP contribution in [0.3, 0.4) is 0 Å². The van der Waals surface area contributed by atoms with E-state index in [-0.39, 0.29) is 5.82 Å². The summed E-state index contributed by atoms with van der Waals surface area (Å²) >= 11 is 0. The fraction of sp³-hybridized carbons (Fsp3) is 0.214. The summed E-state index contributed by atoms with van der Waals surface area (Å²) in [6.45, 7) is 7.62. The molecule has 0 atom stereocenters. The minimum Gasteiger partial charge on any atom is -0.265 e. The number of halogens is 1. The first-order valence-corrected chi connectivity index (χ1v) is 5.28. The number of nitrogens with zero attached hydrogens (tertiary/aromatic N) is 1. The number of rotatable bonds is 4. The predicted molar refractivity (Wildman–Crippen MR) is 68.0 cm³/mol. The first-order valence-electron chi connectivity index (χ1n) is 5.28. The minimum absolute atomic E-state index is 0.214. The lowest BCUT2D eigenvalue weighted by atomic mass is 10.0. The van der Waals surface area contributed by atoms with Gasteiger partial charge in [0.05, 0.1) is 0 Å². The zero-order chi connectivity index (χ0) is 12.0. The SMILES string of the molecule is C=CN=C/C(CC)=C(\C)c1ccc(F)cc1. The van der Waals surface area contributed by atoms with Crippen LogP contribution >= 0.6 is 0 Å². The smallest absolute Gasteiger partial charge is 0.123 e. The Morgan fingerprint density at radius 3 is 2.50 bits per heavy atom. The van der Waals surface area contributed by atoms with Crippen molar-refractivity contribution >= 4 is 11.8 Å². The van der Waals surface area contributed by atoms with E-state index in [4.69, 9.17) is 0 Å². The Labute approximate surface area is 96.0 Å². The second-order valence-electron chi connectivity index (χ2n) is 3.47. The summed E-state index contributed by atoms with van der Waals surface area (Å²) in [5.41, 5.74) is 3.27. The molecule has 0 radical (unpaired) electrons. The van der Waals surface area contributed by atoms with Crippen molar-refractivity contribution in [1.29, 1.82) is 0 Å². The van der Waals surface area contributed by atoms with E-state index in [0.717, 1.165) is 23.1 Å². The maximum absolute atomic E-state index is 12.8. The fourth-order valence-electron chi connectivity index (χ4n) is 1.48. The number of allylic oxidation sites excluding steroid dienone is 2. The quantitative estimate of drug-likeness (QED) is 0.669. The van der Waals surface area contributed by atoms with Crippen molar-refractivity contribution in [2.24, 2.45) is 4.99 Å². The minimum atomic E-state index is -0.214. The average Bonchev–Trinajstić information content (AvgIpc) is 2.30. The van der Waals surface area contributed by atoms with Crippen molar-refractivity contribution in [3.8, 4) is 0 Å². The number of hydrogen-bond donors (Lipinski definition) is 0. The van der Waals surface area contributed by atoms with E-state index in [1.807, 2.05) is 6.92 Å². The van der Waals surface area contributed by atoms with Crippen LogP contribution in [-0.4, -0.2) is 6.21 Å². The molecule has 0 unspecified atom stereocenters. The van der Waals surface area contributed by atoms with Crippen LogP contribution in [0.5, 0.6) is 0 Å². The van der Waals surface area contributed by atoms with Gasteiger partial charge in [-0.3, -0.25) is 4.99 Å². The van der Waals surface area contributed by atoms with Gasteiger partial charge in [-0.15, -0.1) is 0 Å². The van der Waals surface area contributed by atoms with Crippen LogP contribution in [0.15, 0.2) is 47.6 Å². The van der Waals surface area contributed by atoms with Crippen molar-refractivity contribution in [3.63, 3.8) is 0 Å². The molecule has 0 aliphatic rings. The Bertz CT molecular complexity index is 413. The number of aliphatic imine (C=N–C) groups is 1. The highest BCUT2D eigenvalue weighted by Crippen LogP contribution is 2.19. The van der Waals surface area contributed by atoms with Gasteiger partial charge >= 0.3 is 0 Å².